The Bertz CT molecular complexity index is 170. The Kier molecular flexibility index (Phi) is 68.5. The molecule has 104 valence electrons. The van der Waals surface area contributed by atoms with Crippen LogP contribution < -0.4 is 18.9 Å². The van der Waals surface area contributed by atoms with E-state index in [1.54, 1.807) is 0 Å². The van der Waals surface area contributed by atoms with Gasteiger partial charge in [-0.15, -0.1) is 0 Å². The summed E-state index contributed by atoms with van der Waals surface area (Å²) in [5.41, 5.74) is 0. The number of halogens is 1. The van der Waals surface area contributed by atoms with Gasteiger partial charge in [0.25, 0.3) is 0 Å². The fourth-order valence-corrected chi connectivity index (χ4v) is 0. The van der Waals surface area contributed by atoms with Crippen LogP contribution in [0.25, 0.3) is 0 Å². The van der Waals surface area contributed by atoms with Crippen LogP contribution in [-0.2, 0) is 0 Å². The zero-order valence-corrected chi connectivity index (χ0v) is 8.57. The number of hydrogen-bond donors (Lipinski definition) is 0. The third kappa shape index (κ3) is 381. The molecule has 0 N–H and O–H groups in total. The van der Waals surface area contributed by atoms with Crippen molar-refractivity contribution in [3.63, 3.8) is 0 Å². The van der Waals surface area contributed by atoms with Crippen molar-refractivity contribution in [1.29, 1.82) is 0 Å². The summed E-state index contributed by atoms with van der Waals surface area (Å²) in [6, 6.07) is 0. The van der Waals surface area contributed by atoms with E-state index in [1.807, 2.05) is 0 Å². The van der Waals surface area contributed by atoms with Crippen molar-refractivity contribution >= 4 is 0 Å². The van der Waals surface area contributed by atoms with Crippen LogP contribution in [0.2, 0.25) is 0 Å². The minimum Gasteiger partial charge on any atom is 1.00 e. The molecule has 0 unspecified atom stereocenters. The van der Waals surface area contributed by atoms with E-state index in [1.165, 1.54) is 0 Å². The topological polar surface area (TPSA) is 265 Å². The minimum absolute atomic E-state index is 0. The van der Waals surface area contributed by atoms with E-state index in [0.29, 0.717) is 0 Å². The quantitative estimate of drug-likeness (QED) is 0.238. The van der Waals surface area contributed by atoms with Crippen molar-refractivity contribution in [3.8, 4) is 0 Å². The van der Waals surface area contributed by atoms with E-state index in [0.717, 1.165) is 0 Å². The second kappa shape index (κ2) is 36.2. The molecule has 0 fully saturated rings. The molecule has 0 aromatic heterocycles. The molecule has 0 aliphatic rings. The van der Waals surface area contributed by atoms with Crippen molar-refractivity contribution in [2.75, 3.05) is 0 Å². The van der Waals surface area contributed by atoms with Crippen LogP contribution in [0.5, 0.6) is 0 Å². The van der Waals surface area contributed by atoms with Gasteiger partial charge in [-0.3, -0.25) is 0 Å². The fourth-order valence-electron chi connectivity index (χ4n) is 0. The van der Waals surface area contributed by atoms with Crippen LogP contribution in [-0.4, -0.2) is 20.3 Å². The Morgan fingerprint density at radius 3 is 0.526 bits per heavy atom. The summed E-state index contributed by atoms with van der Waals surface area (Å²) in [6.45, 7) is 0. The van der Waals surface area contributed by atoms with Gasteiger partial charge in [0.15, 0.2) is 0 Å². The van der Waals surface area contributed by atoms with Gasteiger partial charge in [0.1, 0.15) is 0 Å². The Morgan fingerprint density at radius 2 is 0.526 bits per heavy atom. The minimum atomic E-state index is -1.75. The van der Waals surface area contributed by atoms with Crippen LogP contribution in [0.4, 0.5) is 4.39 Å². The largest absolute Gasteiger partial charge is 1.00 e. The van der Waals surface area contributed by atoms with E-state index in [9.17, 15) is 0 Å². The summed E-state index contributed by atoms with van der Waals surface area (Å²) in [7, 11) is 4.25. The molecule has 0 bridgehead atoms. The van der Waals surface area contributed by atoms with Crippen molar-refractivity contribution in [3.05, 3.63) is 68.5 Å². The molecule has 0 spiro atoms. The van der Waals surface area contributed by atoms with Crippen molar-refractivity contribution < 1.29 is 43.6 Å². The summed E-state index contributed by atoms with van der Waals surface area (Å²) in [6.07, 6.45) is 0. The van der Waals surface area contributed by atoms with Gasteiger partial charge in [-0.2, -0.15) is 0 Å². The van der Waals surface area contributed by atoms with Crippen LogP contribution in [0.3, 0.4) is 0 Å². The molecule has 19 heavy (non-hydrogen) atoms. The Labute approximate surface area is 113 Å². The van der Waals surface area contributed by atoms with Gasteiger partial charge in [0.2, 0.25) is 0 Å². The summed E-state index contributed by atoms with van der Waals surface area (Å²) >= 11 is 0. The second-order valence-corrected chi connectivity index (χ2v) is 0.894. The standard InChI is InChI=1S/CF.Li.4NO3/c1-2;;4*2-1(3)4/q+3;+1;4*-1. The maximum absolute atomic E-state index is 8.75. The summed E-state index contributed by atoms with van der Waals surface area (Å²) in [5.74, 6) is 0. The van der Waals surface area contributed by atoms with Crippen LogP contribution in [0.1, 0.15) is 0 Å². The molecular weight excluding hydrogens is 286 g/mol. The van der Waals surface area contributed by atoms with Crippen LogP contribution in [0, 0.1) is 68.5 Å². The summed E-state index contributed by atoms with van der Waals surface area (Å²) in [4.78, 5) is 33.0. The van der Waals surface area contributed by atoms with Gasteiger partial charge in [-0.25, -0.2) is 0 Å². The third-order valence-electron chi connectivity index (χ3n) is 0. The molecule has 16 nitrogen and oxygen atoms in total. The number of nitrogens with zero attached hydrogens (tertiary/aromatic N) is 4. The van der Waals surface area contributed by atoms with E-state index < -0.39 is 20.3 Å². The molecule has 0 heterocycles. The first-order valence-corrected chi connectivity index (χ1v) is 2.38. The van der Waals surface area contributed by atoms with Gasteiger partial charge in [-0.05, 0) is 0 Å². The van der Waals surface area contributed by atoms with E-state index in [2.05, 4.69) is 7.18 Å². The summed E-state index contributed by atoms with van der Waals surface area (Å²) < 4.78 is 8.75. The Morgan fingerprint density at radius 1 is 0.526 bits per heavy atom. The molecule has 18 heteroatoms. The first kappa shape index (κ1) is 36.0. The van der Waals surface area contributed by atoms with Crippen molar-refractivity contribution in [2.24, 2.45) is 0 Å². The third-order valence-corrected chi connectivity index (χ3v) is 0. The summed E-state index contributed by atoms with van der Waals surface area (Å²) in [5, 5.41) is 59.0. The van der Waals surface area contributed by atoms with Crippen LogP contribution >= 0.6 is 0 Å². The molecule has 0 saturated heterocycles. The fraction of sp³-hybridized carbons (Fsp3) is 0. The molecule has 0 aromatic carbocycles. The monoisotopic (exact) mass is 286 g/mol. The van der Waals surface area contributed by atoms with Gasteiger partial charge in [0, 0.05) is 0 Å². The first-order valence-electron chi connectivity index (χ1n) is 2.38. The maximum atomic E-state index is 8.75. The zero-order valence-electron chi connectivity index (χ0n) is 8.57. The number of hydrogen-bond acceptors (Lipinski definition) is 12. The van der Waals surface area contributed by atoms with Gasteiger partial charge in [0.05, 0.1) is 20.3 Å². The molecule has 0 aliphatic heterocycles. The van der Waals surface area contributed by atoms with Crippen molar-refractivity contribution in [2.45, 2.75) is 0 Å². The Balaban J connectivity index is -0.0000000279. The molecular formula is CFLiN4O12. The van der Waals surface area contributed by atoms with Gasteiger partial charge in [-0.1, -0.05) is 0 Å². The van der Waals surface area contributed by atoms with E-state index in [4.69, 9.17) is 65.7 Å². The van der Waals surface area contributed by atoms with E-state index in [-0.39, 0.29) is 18.9 Å². The predicted molar refractivity (Wildman–Crippen MR) is 45.8 cm³/mol. The molecule has 0 amide bonds. The molecule has 0 radical (unpaired) electrons. The molecule has 0 atom stereocenters. The average molecular weight is 286 g/mol. The number of rotatable bonds is 0. The second-order valence-electron chi connectivity index (χ2n) is 0.894. The van der Waals surface area contributed by atoms with Gasteiger partial charge >= 0.3 is 30.4 Å². The average Bonchev–Trinajstić information content (AvgIpc) is 2.01. The van der Waals surface area contributed by atoms with Crippen LogP contribution in [0.15, 0.2) is 0 Å². The predicted octanol–water partition coefficient (Wildman–Crippen LogP) is -3.45. The normalized spacial score (nSPS) is 5.42. The smallest absolute Gasteiger partial charge is 1.00 e. The zero-order chi connectivity index (χ0) is 16.3. The maximum Gasteiger partial charge on any atom is 1.00 e. The molecule has 0 saturated carbocycles. The first-order chi connectivity index (χ1) is 7.93. The molecule has 0 aromatic rings. The van der Waals surface area contributed by atoms with E-state index >= 15 is 0 Å². The molecule has 0 rings (SSSR count). The molecule has 0 aliphatic carbocycles. The van der Waals surface area contributed by atoms with Gasteiger partial charge < -0.3 is 61.3 Å². The Hall–Kier alpha value is -2.67. The van der Waals surface area contributed by atoms with Crippen molar-refractivity contribution in [1.82, 2.24) is 0 Å². The SMILES string of the molecule is O=[N+]([O-])[O-].O=[N+]([O-])[O-].O=[N+]([O-])[O-].O=[N+]([O-])[O-].[C+3]F.[Li+].